The highest BCUT2D eigenvalue weighted by atomic mass is 16.3. The molecule has 1 aromatic carbocycles. The monoisotopic (exact) mass is 190 g/mol. The van der Waals surface area contributed by atoms with Crippen molar-refractivity contribution in [2.75, 3.05) is 6.61 Å². The van der Waals surface area contributed by atoms with Crippen LogP contribution in [0.2, 0.25) is 0 Å². The minimum atomic E-state index is 0.122. The molecule has 0 spiro atoms. The third kappa shape index (κ3) is 3.35. The molecule has 1 nitrogen and oxygen atoms in total. The molecule has 0 saturated carbocycles. The summed E-state index contributed by atoms with van der Waals surface area (Å²) in [6, 6.07) is 10.0. The number of rotatable bonds is 4. The lowest BCUT2D eigenvalue weighted by atomic mass is 10.0. The van der Waals surface area contributed by atoms with Crippen LogP contribution in [0.5, 0.6) is 0 Å². The lowest BCUT2D eigenvalue weighted by molar-refractivity contribution is 0.349. The third-order valence-corrected chi connectivity index (χ3v) is 2.15. The molecule has 0 aliphatic rings. The standard InChI is InChI=1S/C13H18O/c1-11(2)8-9-13(10-14)12-6-4-3-5-7-12/h3-7,9,11,14H,8,10H2,1-2H3/b13-9-. The van der Waals surface area contributed by atoms with E-state index in [4.69, 9.17) is 0 Å². The summed E-state index contributed by atoms with van der Waals surface area (Å²) in [5, 5.41) is 9.22. The first kappa shape index (κ1) is 11.0. The van der Waals surface area contributed by atoms with E-state index in [1.54, 1.807) is 0 Å². The molecule has 1 aromatic rings. The molecule has 0 radical (unpaired) electrons. The van der Waals surface area contributed by atoms with E-state index in [0.29, 0.717) is 5.92 Å². The first-order valence-corrected chi connectivity index (χ1v) is 5.09. The Labute approximate surface area is 86.1 Å². The average Bonchev–Trinajstić information content (AvgIpc) is 2.20. The lowest BCUT2D eigenvalue weighted by Gasteiger charge is -2.05. The molecule has 1 rings (SSSR count). The number of benzene rings is 1. The topological polar surface area (TPSA) is 20.2 Å². The summed E-state index contributed by atoms with van der Waals surface area (Å²) < 4.78 is 0. The van der Waals surface area contributed by atoms with Crippen molar-refractivity contribution in [1.29, 1.82) is 0 Å². The van der Waals surface area contributed by atoms with Crippen LogP contribution in [-0.2, 0) is 0 Å². The van der Waals surface area contributed by atoms with Gasteiger partial charge in [-0.2, -0.15) is 0 Å². The SMILES string of the molecule is CC(C)C/C=C(/CO)c1ccccc1. The van der Waals surface area contributed by atoms with Crippen LogP contribution in [0, 0.1) is 5.92 Å². The zero-order chi connectivity index (χ0) is 10.4. The molecule has 0 fully saturated rings. The fourth-order valence-corrected chi connectivity index (χ4v) is 1.30. The largest absolute Gasteiger partial charge is 0.392 e. The predicted molar refractivity (Wildman–Crippen MR) is 61.0 cm³/mol. The molecule has 14 heavy (non-hydrogen) atoms. The van der Waals surface area contributed by atoms with Crippen molar-refractivity contribution in [1.82, 2.24) is 0 Å². The van der Waals surface area contributed by atoms with Gasteiger partial charge >= 0.3 is 0 Å². The molecule has 0 saturated heterocycles. The van der Waals surface area contributed by atoms with Crippen molar-refractivity contribution >= 4 is 5.57 Å². The van der Waals surface area contributed by atoms with Crippen LogP contribution in [0.25, 0.3) is 5.57 Å². The van der Waals surface area contributed by atoms with E-state index in [0.717, 1.165) is 17.6 Å². The minimum absolute atomic E-state index is 0.122. The molecule has 0 aromatic heterocycles. The summed E-state index contributed by atoms with van der Waals surface area (Å²) in [6.07, 6.45) is 3.14. The molecule has 1 heteroatoms. The molecule has 0 bridgehead atoms. The van der Waals surface area contributed by atoms with E-state index >= 15 is 0 Å². The lowest BCUT2D eigenvalue weighted by Crippen LogP contribution is -1.92. The van der Waals surface area contributed by atoms with Crippen molar-refractivity contribution in [2.24, 2.45) is 5.92 Å². The fraction of sp³-hybridized carbons (Fsp3) is 0.385. The second kappa shape index (κ2) is 5.61. The van der Waals surface area contributed by atoms with Crippen molar-refractivity contribution in [3.8, 4) is 0 Å². The first-order chi connectivity index (χ1) is 6.74. The smallest absolute Gasteiger partial charge is 0.0684 e. The Balaban J connectivity index is 2.77. The van der Waals surface area contributed by atoms with Gasteiger partial charge < -0.3 is 5.11 Å². The van der Waals surface area contributed by atoms with Crippen molar-refractivity contribution in [3.63, 3.8) is 0 Å². The van der Waals surface area contributed by atoms with E-state index in [1.807, 2.05) is 30.3 Å². The number of aliphatic hydroxyl groups excluding tert-OH is 1. The van der Waals surface area contributed by atoms with Crippen LogP contribution in [0.3, 0.4) is 0 Å². The van der Waals surface area contributed by atoms with Gasteiger partial charge in [-0.1, -0.05) is 50.3 Å². The maximum absolute atomic E-state index is 9.22. The second-order valence-electron chi connectivity index (χ2n) is 3.88. The van der Waals surface area contributed by atoms with Crippen molar-refractivity contribution in [2.45, 2.75) is 20.3 Å². The van der Waals surface area contributed by atoms with E-state index in [-0.39, 0.29) is 6.61 Å². The zero-order valence-electron chi connectivity index (χ0n) is 8.90. The third-order valence-electron chi connectivity index (χ3n) is 2.15. The van der Waals surface area contributed by atoms with Gasteiger partial charge in [-0.3, -0.25) is 0 Å². The Kier molecular flexibility index (Phi) is 4.41. The Morgan fingerprint density at radius 3 is 2.43 bits per heavy atom. The Morgan fingerprint density at radius 2 is 1.93 bits per heavy atom. The van der Waals surface area contributed by atoms with Gasteiger partial charge in [-0.05, 0) is 23.5 Å². The number of hydrogen-bond donors (Lipinski definition) is 1. The van der Waals surface area contributed by atoms with E-state index in [1.165, 1.54) is 0 Å². The molecule has 0 aliphatic carbocycles. The van der Waals surface area contributed by atoms with E-state index in [9.17, 15) is 5.11 Å². The Bertz CT molecular complexity index is 285. The number of hydrogen-bond acceptors (Lipinski definition) is 1. The summed E-state index contributed by atoms with van der Waals surface area (Å²) >= 11 is 0. The van der Waals surface area contributed by atoms with Crippen molar-refractivity contribution < 1.29 is 5.11 Å². The quantitative estimate of drug-likeness (QED) is 0.773. The summed E-state index contributed by atoms with van der Waals surface area (Å²) in [5.74, 6) is 0.639. The average molecular weight is 190 g/mol. The molecule has 0 unspecified atom stereocenters. The summed E-state index contributed by atoms with van der Waals surface area (Å²) in [6.45, 7) is 4.48. The van der Waals surface area contributed by atoms with Gasteiger partial charge in [0.15, 0.2) is 0 Å². The van der Waals surface area contributed by atoms with Crippen LogP contribution in [0.4, 0.5) is 0 Å². The highest BCUT2D eigenvalue weighted by molar-refractivity contribution is 5.65. The normalized spacial score (nSPS) is 12.1. The van der Waals surface area contributed by atoms with Crippen LogP contribution in [0.1, 0.15) is 25.8 Å². The molecule has 0 atom stereocenters. The van der Waals surface area contributed by atoms with Gasteiger partial charge in [0.05, 0.1) is 6.61 Å². The fourth-order valence-electron chi connectivity index (χ4n) is 1.30. The molecule has 1 N–H and O–H groups in total. The van der Waals surface area contributed by atoms with Gasteiger partial charge in [0.2, 0.25) is 0 Å². The van der Waals surface area contributed by atoms with Gasteiger partial charge in [-0.25, -0.2) is 0 Å². The van der Waals surface area contributed by atoms with Gasteiger partial charge in [0, 0.05) is 0 Å². The zero-order valence-corrected chi connectivity index (χ0v) is 8.90. The Morgan fingerprint density at radius 1 is 1.29 bits per heavy atom. The van der Waals surface area contributed by atoms with Crippen LogP contribution < -0.4 is 0 Å². The predicted octanol–water partition coefficient (Wildman–Crippen LogP) is 3.11. The van der Waals surface area contributed by atoms with Crippen LogP contribution in [0.15, 0.2) is 36.4 Å². The maximum atomic E-state index is 9.22. The van der Waals surface area contributed by atoms with Crippen molar-refractivity contribution in [3.05, 3.63) is 42.0 Å². The molecule has 0 amide bonds. The number of aliphatic hydroxyl groups is 1. The molecule has 0 heterocycles. The Hall–Kier alpha value is -1.08. The summed E-state index contributed by atoms with van der Waals surface area (Å²) in [5.41, 5.74) is 2.15. The molecular formula is C13H18O. The van der Waals surface area contributed by atoms with Gasteiger partial charge in [0.25, 0.3) is 0 Å². The molecule has 0 aliphatic heterocycles. The maximum Gasteiger partial charge on any atom is 0.0684 e. The summed E-state index contributed by atoms with van der Waals surface area (Å²) in [4.78, 5) is 0. The minimum Gasteiger partial charge on any atom is -0.392 e. The second-order valence-corrected chi connectivity index (χ2v) is 3.88. The molecule has 76 valence electrons. The van der Waals surface area contributed by atoms with Crippen LogP contribution >= 0.6 is 0 Å². The summed E-state index contributed by atoms with van der Waals surface area (Å²) in [7, 11) is 0. The van der Waals surface area contributed by atoms with E-state index in [2.05, 4.69) is 19.9 Å². The van der Waals surface area contributed by atoms with E-state index < -0.39 is 0 Å². The van der Waals surface area contributed by atoms with Gasteiger partial charge in [0.1, 0.15) is 0 Å². The highest BCUT2D eigenvalue weighted by Crippen LogP contribution is 2.15. The van der Waals surface area contributed by atoms with Gasteiger partial charge in [-0.15, -0.1) is 0 Å². The molecular weight excluding hydrogens is 172 g/mol. The van der Waals surface area contributed by atoms with Crippen LogP contribution in [-0.4, -0.2) is 11.7 Å². The number of allylic oxidation sites excluding steroid dienone is 1. The highest BCUT2D eigenvalue weighted by Gasteiger charge is 1.99. The first-order valence-electron chi connectivity index (χ1n) is 5.09.